The molecule has 1 aliphatic carbocycles. The second kappa shape index (κ2) is 5.51. The van der Waals surface area contributed by atoms with Crippen molar-refractivity contribution in [3.63, 3.8) is 0 Å². The van der Waals surface area contributed by atoms with Gasteiger partial charge in [0.25, 0.3) is 0 Å². The minimum atomic E-state index is -0.726. The minimum absolute atomic E-state index is 0.250. The van der Waals surface area contributed by atoms with Gasteiger partial charge in [0, 0.05) is 0 Å². The van der Waals surface area contributed by atoms with Gasteiger partial charge in [-0.15, -0.1) is 5.10 Å². The first-order chi connectivity index (χ1) is 10.1. The van der Waals surface area contributed by atoms with Crippen LogP contribution in [0.4, 0.5) is 8.78 Å². The molecule has 1 aromatic heterocycles. The molecule has 0 N–H and O–H groups in total. The Hall–Kier alpha value is -1.83. The first-order valence-electron chi connectivity index (χ1n) is 6.50. The van der Waals surface area contributed by atoms with E-state index in [-0.39, 0.29) is 11.6 Å². The van der Waals surface area contributed by atoms with Crippen LogP contribution in [0.25, 0.3) is 0 Å². The molecule has 0 unspecified atom stereocenters. The fraction of sp³-hybridized carbons (Fsp3) is 0.385. The van der Waals surface area contributed by atoms with Crippen molar-refractivity contribution in [1.82, 2.24) is 20.2 Å². The Bertz CT molecular complexity index is 687. The van der Waals surface area contributed by atoms with Gasteiger partial charge in [-0.1, -0.05) is 11.8 Å². The van der Waals surface area contributed by atoms with Crippen LogP contribution in [0.2, 0.25) is 0 Å². The minimum Gasteiger partial charge on any atom is -0.293 e. The van der Waals surface area contributed by atoms with Gasteiger partial charge in [-0.2, -0.15) is 0 Å². The molecule has 1 atom stereocenters. The fourth-order valence-electron chi connectivity index (χ4n) is 1.93. The van der Waals surface area contributed by atoms with Gasteiger partial charge < -0.3 is 0 Å². The number of benzene rings is 1. The number of rotatable bonds is 5. The van der Waals surface area contributed by atoms with Gasteiger partial charge >= 0.3 is 0 Å². The highest BCUT2D eigenvalue weighted by molar-refractivity contribution is 8.00. The standard InChI is InChI=1S/C13H12F2N4OS/c1-7(12(20)10-6-8(14)2-5-11(10)15)21-13-16-17-18-19(13)9-3-4-9/h2,5-7,9H,3-4H2,1H3/t7-/m1/s1. The predicted octanol–water partition coefficient (Wildman–Crippen LogP) is 2.65. The number of hydrogen-bond donors (Lipinski definition) is 0. The molecule has 0 bridgehead atoms. The molecule has 0 spiro atoms. The lowest BCUT2D eigenvalue weighted by Gasteiger charge is -2.10. The van der Waals surface area contributed by atoms with Gasteiger partial charge in [-0.25, -0.2) is 13.5 Å². The Morgan fingerprint density at radius 1 is 1.43 bits per heavy atom. The van der Waals surface area contributed by atoms with Gasteiger partial charge in [0.05, 0.1) is 16.9 Å². The molecule has 1 saturated carbocycles. The summed E-state index contributed by atoms with van der Waals surface area (Å²) in [7, 11) is 0. The van der Waals surface area contributed by atoms with Crippen molar-refractivity contribution in [3.8, 4) is 0 Å². The number of tetrazole rings is 1. The lowest BCUT2D eigenvalue weighted by atomic mass is 10.1. The number of thioether (sulfide) groups is 1. The molecule has 8 heteroatoms. The van der Waals surface area contributed by atoms with Crippen molar-refractivity contribution >= 4 is 17.5 Å². The average Bonchev–Trinajstić information content (AvgIpc) is 3.21. The maximum atomic E-state index is 13.6. The third-order valence-corrected chi connectivity index (χ3v) is 4.25. The summed E-state index contributed by atoms with van der Waals surface area (Å²) in [5, 5.41) is 11.3. The number of ketones is 1. The van der Waals surface area contributed by atoms with Gasteiger partial charge in [0.15, 0.2) is 5.78 Å². The second-order valence-corrected chi connectivity index (χ2v) is 6.19. The van der Waals surface area contributed by atoms with Crippen LogP contribution < -0.4 is 0 Å². The zero-order valence-corrected chi connectivity index (χ0v) is 12.0. The molecular formula is C13H12F2N4OS. The summed E-state index contributed by atoms with van der Waals surface area (Å²) in [6.45, 7) is 1.63. The quantitative estimate of drug-likeness (QED) is 0.627. The zero-order valence-electron chi connectivity index (χ0n) is 11.2. The highest BCUT2D eigenvalue weighted by Gasteiger charge is 2.30. The molecule has 1 aliphatic rings. The van der Waals surface area contributed by atoms with Crippen molar-refractivity contribution in [2.75, 3.05) is 0 Å². The molecule has 0 aliphatic heterocycles. The summed E-state index contributed by atoms with van der Waals surface area (Å²) in [5.74, 6) is -1.85. The Morgan fingerprint density at radius 3 is 2.90 bits per heavy atom. The van der Waals surface area contributed by atoms with Crippen molar-refractivity contribution in [2.24, 2.45) is 0 Å². The number of aromatic nitrogens is 4. The Kier molecular flexibility index (Phi) is 3.71. The van der Waals surface area contributed by atoms with E-state index in [4.69, 9.17) is 0 Å². The van der Waals surface area contributed by atoms with Crippen molar-refractivity contribution in [1.29, 1.82) is 0 Å². The summed E-state index contributed by atoms with van der Waals surface area (Å²) in [5.41, 5.74) is -0.250. The normalized spacial score (nSPS) is 16.0. The van der Waals surface area contributed by atoms with E-state index in [1.807, 2.05) is 0 Å². The van der Waals surface area contributed by atoms with Crippen LogP contribution in [0.3, 0.4) is 0 Å². The number of carbonyl (C=O) groups is 1. The lowest BCUT2D eigenvalue weighted by Crippen LogP contribution is -2.16. The van der Waals surface area contributed by atoms with Crippen LogP contribution >= 0.6 is 11.8 Å². The topological polar surface area (TPSA) is 60.7 Å². The molecule has 0 radical (unpaired) electrons. The summed E-state index contributed by atoms with van der Waals surface area (Å²) in [6, 6.07) is 3.14. The van der Waals surface area contributed by atoms with Crippen LogP contribution in [-0.4, -0.2) is 31.2 Å². The predicted molar refractivity (Wildman–Crippen MR) is 72.1 cm³/mol. The maximum absolute atomic E-state index is 13.6. The monoisotopic (exact) mass is 310 g/mol. The fourth-order valence-corrected chi connectivity index (χ4v) is 2.86. The van der Waals surface area contributed by atoms with Crippen LogP contribution in [0.15, 0.2) is 23.4 Å². The maximum Gasteiger partial charge on any atom is 0.210 e. The first kappa shape index (κ1) is 14.1. The summed E-state index contributed by atoms with van der Waals surface area (Å²) >= 11 is 1.15. The average molecular weight is 310 g/mol. The number of hydrogen-bond acceptors (Lipinski definition) is 5. The largest absolute Gasteiger partial charge is 0.293 e. The molecule has 5 nitrogen and oxygen atoms in total. The number of Topliss-reactive ketones (excluding diaryl/α,β-unsaturated/α-hetero) is 1. The Balaban J connectivity index is 1.78. The molecule has 0 saturated heterocycles. The SMILES string of the molecule is C[C@@H](Sc1nnnn1C1CC1)C(=O)c1cc(F)ccc1F. The second-order valence-electron chi connectivity index (χ2n) is 4.89. The highest BCUT2D eigenvalue weighted by Crippen LogP contribution is 2.37. The molecular weight excluding hydrogens is 298 g/mol. The van der Waals surface area contributed by atoms with E-state index in [1.54, 1.807) is 11.6 Å². The molecule has 1 heterocycles. The van der Waals surface area contributed by atoms with Crippen LogP contribution in [-0.2, 0) is 0 Å². The van der Waals surface area contributed by atoms with E-state index in [2.05, 4.69) is 15.5 Å². The summed E-state index contributed by atoms with van der Waals surface area (Å²) in [6.07, 6.45) is 2.03. The molecule has 2 aromatic rings. The van der Waals surface area contributed by atoms with Crippen molar-refractivity contribution in [3.05, 3.63) is 35.4 Å². The molecule has 0 amide bonds. The van der Waals surface area contributed by atoms with E-state index in [1.165, 1.54) is 0 Å². The smallest absolute Gasteiger partial charge is 0.210 e. The van der Waals surface area contributed by atoms with Gasteiger partial charge in [-0.3, -0.25) is 4.79 Å². The Morgan fingerprint density at radius 2 is 2.19 bits per heavy atom. The number of nitrogens with zero attached hydrogens (tertiary/aromatic N) is 4. The molecule has 21 heavy (non-hydrogen) atoms. The van der Waals surface area contributed by atoms with E-state index >= 15 is 0 Å². The van der Waals surface area contributed by atoms with Gasteiger partial charge in [0.2, 0.25) is 5.16 Å². The summed E-state index contributed by atoms with van der Waals surface area (Å²) < 4.78 is 28.5. The molecule has 1 aromatic carbocycles. The van der Waals surface area contributed by atoms with E-state index < -0.39 is 22.7 Å². The molecule has 3 rings (SSSR count). The number of halogens is 2. The summed E-state index contributed by atoms with van der Waals surface area (Å²) in [4.78, 5) is 12.2. The number of carbonyl (C=O) groups excluding carboxylic acids is 1. The van der Waals surface area contributed by atoms with Gasteiger partial charge in [0.1, 0.15) is 11.6 Å². The van der Waals surface area contributed by atoms with Crippen molar-refractivity contribution < 1.29 is 13.6 Å². The van der Waals surface area contributed by atoms with Gasteiger partial charge in [-0.05, 0) is 48.4 Å². The van der Waals surface area contributed by atoms with E-state index in [0.717, 1.165) is 42.8 Å². The first-order valence-corrected chi connectivity index (χ1v) is 7.38. The zero-order chi connectivity index (χ0) is 15.0. The van der Waals surface area contributed by atoms with Crippen LogP contribution in [0, 0.1) is 11.6 Å². The molecule has 110 valence electrons. The van der Waals surface area contributed by atoms with E-state index in [0.29, 0.717) is 5.16 Å². The third-order valence-electron chi connectivity index (χ3n) is 3.20. The Labute approximate surface area is 123 Å². The highest BCUT2D eigenvalue weighted by atomic mass is 32.2. The van der Waals surface area contributed by atoms with Crippen LogP contribution in [0.5, 0.6) is 0 Å². The lowest BCUT2D eigenvalue weighted by molar-refractivity contribution is 0.0989. The van der Waals surface area contributed by atoms with Crippen LogP contribution in [0.1, 0.15) is 36.2 Å². The molecule has 1 fully saturated rings. The third kappa shape index (κ3) is 2.94. The van der Waals surface area contributed by atoms with Crippen molar-refractivity contribution in [2.45, 2.75) is 36.2 Å². The van der Waals surface area contributed by atoms with E-state index in [9.17, 15) is 13.6 Å².